The Labute approximate surface area is 142 Å². The number of carbonyl (C=O) groups excluding carboxylic acids is 1. The fraction of sp³-hybridized carbons (Fsp3) is 0.250. The number of hydrogen-bond acceptors (Lipinski definition) is 4. The molecule has 2 aromatic rings. The number of halogens is 1. The van der Waals surface area contributed by atoms with Crippen molar-refractivity contribution in [3.8, 4) is 5.75 Å². The summed E-state index contributed by atoms with van der Waals surface area (Å²) in [6.45, 7) is 0. The second-order valence-corrected chi connectivity index (χ2v) is 6.62. The van der Waals surface area contributed by atoms with E-state index in [1.807, 2.05) is 6.07 Å². The summed E-state index contributed by atoms with van der Waals surface area (Å²) in [4.78, 5) is 24.4. The van der Waals surface area contributed by atoms with E-state index >= 15 is 0 Å². The number of methoxy groups -OCH3 is 1. The summed E-state index contributed by atoms with van der Waals surface area (Å²) in [5.74, 6) is -0.806. The Morgan fingerprint density at radius 1 is 1.26 bits per heavy atom. The van der Waals surface area contributed by atoms with Crippen LogP contribution in [0.5, 0.6) is 5.75 Å². The zero-order valence-corrected chi connectivity index (χ0v) is 14.0. The van der Waals surface area contributed by atoms with Crippen molar-refractivity contribution in [1.29, 1.82) is 0 Å². The largest absolute Gasteiger partial charge is 0.497 e. The smallest absolute Gasteiger partial charge is 0.330 e. The Morgan fingerprint density at radius 2 is 1.96 bits per heavy atom. The highest BCUT2D eigenvalue weighted by molar-refractivity contribution is 7.16. The van der Waals surface area contributed by atoms with Crippen LogP contribution in [-0.2, 0) is 16.0 Å². The third-order valence-electron chi connectivity index (χ3n) is 3.23. The maximum absolute atomic E-state index is 12.0. The first kappa shape index (κ1) is 17.3. The maximum atomic E-state index is 12.0. The van der Waals surface area contributed by atoms with Gasteiger partial charge >= 0.3 is 5.97 Å². The molecule has 1 aromatic heterocycles. The van der Waals surface area contributed by atoms with Gasteiger partial charge in [-0.15, -0.1) is 11.3 Å². The second-order valence-electron chi connectivity index (χ2n) is 4.82. The molecule has 5 nitrogen and oxygen atoms in total. The number of aryl methyl sites for hydroxylation is 1. The standard InChI is InChI=1S/C16H16ClNO4S/c1-22-11-4-2-10(3-5-11)15(16(20)21)18-14(19)9-7-12-6-8-13(17)23-12/h2-6,8,15H,7,9H2,1H3,(H,18,19)(H,20,21). The van der Waals surface area contributed by atoms with Crippen LogP contribution in [0.2, 0.25) is 4.34 Å². The third-order valence-corrected chi connectivity index (χ3v) is 4.52. The Bertz CT molecular complexity index is 684. The molecule has 0 aliphatic heterocycles. The molecule has 0 radical (unpaired) electrons. The number of benzene rings is 1. The molecule has 7 heteroatoms. The molecule has 1 aromatic carbocycles. The van der Waals surface area contributed by atoms with Crippen molar-refractivity contribution in [3.05, 3.63) is 51.2 Å². The SMILES string of the molecule is COc1ccc(C(NC(=O)CCc2ccc(Cl)s2)C(=O)O)cc1. The van der Waals surface area contributed by atoms with Gasteiger partial charge in [-0.1, -0.05) is 23.7 Å². The Balaban J connectivity index is 1.97. The van der Waals surface area contributed by atoms with Crippen LogP contribution in [-0.4, -0.2) is 24.1 Å². The minimum absolute atomic E-state index is 0.205. The van der Waals surface area contributed by atoms with E-state index in [4.69, 9.17) is 16.3 Å². The van der Waals surface area contributed by atoms with Crippen molar-refractivity contribution in [2.75, 3.05) is 7.11 Å². The third kappa shape index (κ3) is 4.97. The lowest BCUT2D eigenvalue weighted by Gasteiger charge is -2.15. The molecule has 122 valence electrons. The average molecular weight is 354 g/mol. The molecule has 2 N–H and O–H groups in total. The summed E-state index contributed by atoms with van der Waals surface area (Å²) in [6, 6.07) is 9.11. The molecule has 0 aliphatic carbocycles. The van der Waals surface area contributed by atoms with Crippen molar-refractivity contribution in [3.63, 3.8) is 0 Å². The second kappa shape index (κ2) is 7.99. The summed E-state index contributed by atoms with van der Waals surface area (Å²) in [5, 5.41) is 11.9. The fourth-order valence-corrected chi connectivity index (χ4v) is 3.13. The number of aliphatic carboxylic acids is 1. The molecule has 1 amide bonds. The fourth-order valence-electron chi connectivity index (χ4n) is 2.04. The molecule has 0 aliphatic rings. The molecule has 0 spiro atoms. The first-order valence-electron chi connectivity index (χ1n) is 6.90. The van der Waals surface area contributed by atoms with Crippen LogP contribution >= 0.6 is 22.9 Å². The van der Waals surface area contributed by atoms with Gasteiger partial charge < -0.3 is 15.2 Å². The minimum atomic E-state index is -1.11. The zero-order valence-electron chi connectivity index (χ0n) is 12.4. The van der Waals surface area contributed by atoms with Gasteiger partial charge in [0.1, 0.15) is 5.75 Å². The Kier molecular flexibility index (Phi) is 6.01. The van der Waals surface area contributed by atoms with Crippen LogP contribution in [0.3, 0.4) is 0 Å². The molecule has 0 saturated carbocycles. The maximum Gasteiger partial charge on any atom is 0.330 e. The van der Waals surface area contributed by atoms with Gasteiger partial charge in [0, 0.05) is 11.3 Å². The minimum Gasteiger partial charge on any atom is -0.497 e. The molecule has 1 heterocycles. The number of carboxylic acid groups (broad SMARTS) is 1. The summed E-state index contributed by atoms with van der Waals surface area (Å²) in [7, 11) is 1.53. The molecule has 0 saturated heterocycles. The van der Waals surface area contributed by atoms with E-state index in [1.165, 1.54) is 18.4 Å². The van der Waals surface area contributed by atoms with E-state index in [-0.39, 0.29) is 12.3 Å². The first-order valence-corrected chi connectivity index (χ1v) is 8.09. The number of thiophene rings is 1. The van der Waals surface area contributed by atoms with Gasteiger partial charge in [-0.05, 0) is 36.2 Å². The van der Waals surface area contributed by atoms with Crippen LogP contribution in [0.25, 0.3) is 0 Å². The van der Waals surface area contributed by atoms with Gasteiger partial charge in [-0.25, -0.2) is 4.79 Å². The molecule has 2 rings (SSSR count). The lowest BCUT2D eigenvalue weighted by Crippen LogP contribution is -2.33. The predicted molar refractivity (Wildman–Crippen MR) is 89.2 cm³/mol. The van der Waals surface area contributed by atoms with Gasteiger partial charge in [0.2, 0.25) is 5.91 Å². The van der Waals surface area contributed by atoms with Crippen molar-refractivity contribution < 1.29 is 19.4 Å². The highest BCUT2D eigenvalue weighted by Crippen LogP contribution is 2.23. The van der Waals surface area contributed by atoms with E-state index in [9.17, 15) is 14.7 Å². The molecular weight excluding hydrogens is 338 g/mol. The molecule has 23 heavy (non-hydrogen) atoms. The number of nitrogens with one attached hydrogen (secondary N) is 1. The Hall–Kier alpha value is -2.05. The van der Waals surface area contributed by atoms with Crippen molar-refractivity contribution in [2.24, 2.45) is 0 Å². The van der Waals surface area contributed by atoms with Crippen LogP contribution in [0.1, 0.15) is 22.9 Å². The van der Waals surface area contributed by atoms with Crippen LogP contribution in [0.15, 0.2) is 36.4 Å². The van der Waals surface area contributed by atoms with Crippen LogP contribution in [0.4, 0.5) is 0 Å². The number of rotatable bonds is 7. The van der Waals surface area contributed by atoms with Gasteiger partial charge in [0.15, 0.2) is 6.04 Å². The van der Waals surface area contributed by atoms with E-state index in [1.54, 1.807) is 30.3 Å². The van der Waals surface area contributed by atoms with Crippen molar-refractivity contribution in [1.82, 2.24) is 5.32 Å². The van der Waals surface area contributed by atoms with Gasteiger partial charge in [0.25, 0.3) is 0 Å². The van der Waals surface area contributed by atoms with Crippen LogP contribution < -0.4 is 10.1 Å². The number of hydrogen-bond donors (Lipinski definition) is 2. The van der Waals surface area contributed by atoms with E-state index in [0.29, 0.717) is 22.1 Å². The molecular formula is C16H16ClNO4S. The van der Waals surface area contributed by atoms with Gasteiger partial charge in [0.05, 0.1) is 11.4 Å². The summed E-state index contributed by atoms with van der Waals surface area (Å²) in [5.41, 5.74) is 0.491. The Morgan fingerprint density at radius 3 is 2.48 bits per heavy atom. The van der Waals surface area contributed by atoms with E-state index < -0.39 is 12.0 Å². The number of carbonyl (C=O) groups is 2. The van der Waals surface area contributed by atoms with Crippen LogP contribution in [0, 0.1) is 0 Å². The van der Waals surface area contributed by atoms with E-state index in [0.717, 1.165) is 4.88 Å². The zero-order chi connectivity index (χ0) is 16.8. The van der Waals surface area contributed by atoms with Crippen molar-refractivity contribution >= 4 is 34.8 Å². The van der Waals surface area contributed by atoms with Crippen molar-refractivity contribution in [2.45, 2.75) is 18.9 Å². The molecule has 0 bridgehead atoms. The molecule has 1 unspecified atom stereocenters. The highest BCUT2D eigenvalue weighted by Gasteiger charge is 2.22. The first-order chi connectivity index (χ1) is 11.0. The summed E-state index contributed by atoms with van der Waals surface area (Å²) >= 11 is 7.25. The number of ether oxygens (including phenoxy) is 1. The average Bonchev–Trinajstić information content (AvgIpc) is 2.96. The monoisotopic (exact) mass is 353 g/mol. The summed E-state index contributed by atoms with van der Waals surface area (Å²) in [6.07, 6.45) is 0.731. The summed E-state index contributed by atoms with van der Waals surface area (Å²) < 4.78 is 5.70. The number of carboxylic acids is 1. The molecule has 1 atom stereocenters. The topological polar surface area (TPSA) is 75.6 Å². The van der Waals surface area contributed by atoms with Gasteiger partial charge in [-0.3, -0.25) is 4.79 Å². The quantitative estimate of drug-likeness (QED) is 0.801. The normalized spacial score (nSPS) is 11.7. The van der Waals surface area contributed by atoms with Gasteiger partial charge in [-0.2, -0.15) is 0 Å². The lowest BCUT2D eigenvalue weighted by atomic mass is 10.1. The van der Waals surface area contributed by atoms with E-state index in [2.05, 4.69) is 5.32 Å². The predicted octanol–water partition coefficient (Wildman–Crippen LogP) is 3.28. The highest BCUT2D eigenvalue weighted by atomic mass is 35.5. The lowest BCUT2D eigenvalue weighted by molar-refractivity contribution is -0.142. The number of amides is 1. The molecule has 0 fully saturated rings.